The van der Waals surface area contributed by atoms with Gasteiger partial charge in [0, 0.05) is 0 Å². The van der Waals surface area contributed by atoms with Crippen molar-refractivity contribution in [2.75, 3.05) is 0 Å². The summed E-state index contributed by atoms with van der Waals surface area (Å²) in [5.74, 6) is 0. The molecule has 0 spiro atoms. The van der Waals surface area contributed by atoms with Gasteiger partial charge in [-0.15, -0.1) is 0 Å². The minimum absolute atomic E-state index is 0.298. The van der Waals surface area contributed by atoms with Crippen LogP contribution in [0.4, 0.5) is 0 Å². The van der Waals surface area contributed by atoms with Crippen LogP contribution in [0.5, 0.6) is 0 Å². The molecule has 0 radical (unpaired) electrons. The van der Waals surface area contributed by atoms with Crippen LogP contribution in [-0.4, -0.2) is 22.4 Å². The highest BCUT2D eigenvalue weighted by molar-refractivity contribution is 4.63. The van der Waals surface area contributed by atoms with Crippen molar-refractivity contribution in [1.82, 2.24) is 0 Å². The first-order valence-electron chi connectivity index (χ1n) is 5.56. The van der Waals surface area contributed by atoms with Gasteiger partial charge in [0.05, 0.1) is 12.2 Å². The fourth-order valence-electron chi connectivity index (χ4n) is 1.51. The van der Waals surface area contributed by atoms with Gasteiger partial charge in [0.15, 0.2) is 0 Å². The number of rotatable bonds is 8. The zero-order valence-electron chi connectivity index (χ0n) is 9.00. The maximum absolute atomic E-state index is 9.51. The zero-order chi connectivity index (χ0) is 10.1. The molecular formula is C11H24O2. The Hall–Kier alpha value is -0.0800. The lowest BCUT2D eigenvalue weighted by Crippen LogP contribution is -2.17. The molecule has 0 aromatic rings. The molecule has 0 aliphatic heterocycles. The summed E-state index contributed by atoms with van der Waals surface area (Å²) in [6.07, 6.45) is 6.04. The summed E-state index contributed by atoms with van der Waals surface area (Å²) in [6.45, 7) is 4.20. The van der Waals surface area contributed by atoms with Gasteiger partial charge in [0.1, 0.15) is 0 Å². The molecular weight excluding hydrogens is 164 g/mol. The van der Waals surface area contributed by atoms with Crippen molar-refractivity contribution in [3.63, 3.8) is 0 Å². The van der Waals surface area contributed by atoms with Crippen LogP contribution in [0, 0.1) is 0 Å². The van der Waals surface area contributed by atoms with E-state index in [9.17, 15) is 10.2 Å². The van der Waals surface area contributed by atoms with E-state index in [0.29, 0.717) is 6.42 Å². The molecule has 0 heterocycles. The van der Waals surface area contributed by atoms with E-state index in [1.54, 1.807) is 0 Å². The second-order valence-electron chi connectivity index (χ2n) is 3.83. The number of aliphatic hydroxyl groups is 2. The van der Waals surface area contributed by atoms with Gasteiger partial charge in [-0.3, -0.25) is 0 Å². The Bertz CT molecular complexity index is 104. The Labute approximate surface area is 82.0 Å². The lowest BCUT2D eigenvalue weighted by molar-refractivity contribution is 0.0693. The normalized spacial score (nSPS) is 15.7. The fourth-order valence-corrected chi connectivity index (χ4v) is 1.51. The average molecular weight is 188 g/mol. The molecule has 0 aromatic carbocycles. The van der Waals surface area contributed by atoms with Gasteiger partial charge < -0.3 is 10.2 Å². The maximum atomic E-state index is 9.51. The summed E-state index contributed by atoms with van der Waals surface area (Å²) in [4.78, 5) is 0. The van der Waals surface area contributed by atoms with Crippen LogP contribution in [-0.2, 0) is 0 Å². The number of hydrogen-bond acceptors (Lipinski definition) is 2. The number of hydrogen-bond donors (Lipinski definition) is 2. The van der Waals surface area contributed by atoms with Crippen molar-refractivity contribution in [2.24, 2.45) is 0 Å². The van der Waals surface area contributed by atoms with E-state index in [-0.39, 0.29) is 12.2 Å². The van der Waals surface area contributed by atoms with Gasteiger partial charge in [-0.2, -0.15) is 0 Å². The molecule has 80 valence electrons. The zero-order valence-corrected chi connectivity index (χ0v) is 9.00. The monoisotopic (exact) mass is 188 g/mol. The van der Waals surface area contributed by atoms with Crippen molar-refractivity contribution in [2.45, 2.75) is 71.0 Å². The fraction of sp³-hybridized carbons (Fsp3) is 1.00. The second kappa shape index (κ2) is 8.52. The molecule has 2 atom stereocenters. The van der Waals surface area contributed by atoms with E-state index < -0.39 is 0 Å². The van der Waals surface area contributed by atoms with Gasteiger partial charge >= 0.3 is 0 Å². The average Bonchev–Trinajstić information content (AvgIpc) is 2.05. The summed E-state index contributed by atoms with van der Waals surface area (Å²) >= 11 is 0. The van der Waals surface area contributed by atoms with Gasteiger partial charge in [-0.25, -0.2) is 0 Å². The molecule has 2 heteroatoms. The number of unbranched alkanes of at least 4 members (excludes halogenated alkanes) is 2. The van der Waals surface area contributed by atoms with E-state index >= 15 is 0 Å². The molecule has 0 aliphatic carbocycles. The van der Waals surface area contributed by atoms with Gasteiger partial charge in [-0.05, 0) is 19.3 Å². The third-order valence-electron chi connectivity index (χ3n) is 2.31. The molecule has 2 N–H and O–H groups in total. The van der Waals surface area contributed by atoms with Gasteiger partial charge in [-0.1, -0.05) is 39.5 Å². The second-order valence-corrected chi connectivity index (χ2v) is 3.83. The lowest BCUT2D eigenvalue weighted by Gasteiger charge is -2.14. The predicted octanol–water partition coefficient (Wildman–Crippen LogP) is 2.48. The molecule has 0 saturated carbocycles. The minimum Gasteiger partial charge on any atom is -0.393 e. The Morgan fingerprint density at radius 2 is 1.46 bits per heavy atom. The molecule has 0 fully saturated rings. The van der Waals surface area contributed by atoms with Crippen molar-refractivity contribution < 1.29 is 10.2 Å². The standard InChI is InChI=1S/C11H24O2/c1-3-5-6-8-11(13)9-10(12)7-4-2/h10-13H,3-9H2,1-2H3/t10-,11+/m1/s1. The SMILES string of the molecule is CCCCC[C@H](O)C[C@H](O)CCC. The van der Waals surface area contributed by atoms with Gasteiger partial charge in [0.25, 0.3) is 0 Å². The van der Waals surface area contributed by atoms with Crippen molar-refractivity contribution in [3.8, 4) is 0 Å². The first-order chi connectivity index (χ1) is 6.20. The van der Waals surface area contributed by atoms with Crippen LogP contribution in [0.25, 0.3) is 0 Å². The summed E-state index contributed by atoms with van der Waals surface area (Å²) in [6, 6.07) is 0. The molecule has 2 nitrogen and oxygen atoms in total. The van der Waals surface area contributed by atoms with Crippen LogP contribution in [0.3, 0.4) is 0 Å². The molecule has 13 heavy (non-hydrogen) atoms. The molecule has 0 amide bonds. The highest BCUT2D eigenvalue weighted by Gasteiger charge is 2.10. The Morgan fingerprint density at radius 3 is 2.00 bits per heavy atom. The Balaban J connectivity index is 3.32. The van der Waals surface area contributed by atoms with Crippen molar-refractivity contribution >= 4 is 0 Å². The van der Waals surface area contributed by atoms with E-state index in [4.69, 9.17) is 0 Å². The van der Waals surface area contributed by atoms with Crippen LogP contribution in [0.2, 0.25) is 0 Å². The molecule has 0 unspecified atom stereocenters. The molecule has 0 bridgehead atoms. The highest BCUT2D eigenvalue weighted by Crippen LogP contribution is 2.11. The van der Waals surface area contributed by atoms with E-state index in [1.165, 1.54) is 12.8 Å². The highest BCUT2D eigenvalue weighted by atomic mass is 16.3. The van der Waals surface area contributed by atoms with Gasteiger partial charge in [0.2, 0.25) is 0 Å². The summed E-state index contributed by atoms with van der Waals surface area (Å²) < 4.78 is 0. The molecule has 0 saturated heterocycles. The molecule has 0 aromatic heterocycles. The smallest absolute Gasteiger partial charge is 0.0564 e. The summed E-state index contributed by atoms with van der Waals surface area (Å²) in [7, 11) is 0. The Morgan fingerprint density at radius 1 is 0.846 bits per heavy atom. The first kappa shape index (κ1) is 12.9. The number of aliphatic hydroxyl groups excluding tert-OH is 2. The van der Waals surface area contributed by atoms with Crippen LogP contribution in [0.1, 0.15) is 58.8 Å². The quantitative estimate of drug-likeness (QED) is 0.574. The maximum Gasteiger partial charge on any atom is 0.0564 e. The van der Waals surface area contributed by atoms with Crippen LogP contribution < -0.4 is 0 Å². The predicted molar refractivity (Wildman–Crippen MR) is 55.7 cm³/mol. The third kappa shape index (κ3) is 8.26. The first-order valence-corrected chi connectivity index (χ1v) is 5.56. The van der Waals surface area contributed by atoms with Crippen molar-refractivity contribution in [3.05, 3.63) is 0 Å². The molecule has 0 rings (SSSR count). The third-order valence-corrected chi connectivity index (χ3v) is 2.31. The van der Waals surface area contributed by atoms with E-state index in [0.717, 1.165) is 25.7 Å². The summed E-state index contributed by atoms with van der Waals surface area (Å²) in [5, 5.41) is 18.9. The molecule has 0 aliphatic rings. The van der Waals surface area contributed by atoms with E-state index in [2.05, 4.69) is 6.92 Å². The Kier molecular flexibility index (Phi) is 8.46. The lowest BCUT2D eigenvalue weighted by atomic mass is 10.0. The summed E-state index contributed by atoms with van der Waals surface area (Å²) in [5.41, 5.74) is 0. The topological polar surface area (TPSA) is 40.5 Å². The van der Waals surface area contributed by atoms with Crippen LogP contribution in [0.15, 0.2) is 0 Å². The largest absolute Gasteiger partial charge is 0.393 e. The van der Waals surface area contributed by atoms with Crippen molar-refractivity contribution in [1.29, 1.82) is 0 Å². The minimum atomic E-state index is -0.304. The van der Waals surface area contributed by atoms with E-state index in [1.807, 2.05) is 6.92 Å². The van der Waals surface area contributed by atoms with Crippen LogP contribution >= 0.6 is 0 Å².